The minimum absolute atomic E-state index is 0.0813. The lowest BCUT2D eigenvalue weighted by Gasteiger charge is -2.20. The number of hydrogen-bond acceptors (Lipinski definition) is 4. The van der Waals surface area contributed by atoms with Crippen LogP contribution in [0.4, 0.5) is 0 Å². The highest BCUT2D eigenvalue weighted by molar-refractivity contribution is 7.16. The minimum atomic E-state index is -0.123. The molecular formula is C15H19N3O2S. The van der Waals surface area contributed by atoms with Crippen molar-refractivity contribution in [1.82, 2.24) is 15.0 Å². The number of rotatable bonds is 3. The SMILES string of the molecule is O=C(Cn1c(=O)sc2ccccc21)NN1CCCCCC1. The molecular weight excluding hydrogens is 286 g/mol. The summed E-state index contributed by atoms with van der Waals surface area (Å²) in [6, 6.07) is 7.58. The van der Waals surface area contributed by atoms with Gasteiger partial charge in [-0.15, -0.1) is 0 Å². The molecule has 0 unspecified atom stereocenters. The predicted molar refractivity (Wildman–Crippen MR) is 84.3 cm³/mol. The van der Waals surface area contributed by atoms with E-state index in [0.29, 0.717) is 0 Å². The molecule has 5 nitrogen and oxygen atoms in total. The van der Waals surface area contributed by atoms with Crippen LogP contribution in [-0.4, -0.2) is 28.6 Å². The van der Waals surface area contributed by atoms with E-state index in [1.807, 2.05) is 29.3 Å². The number of hydrogen-bond donors (Lipinski definition) is 1. The predicted octanol–water partition coefficient (Wildman–Crippen LogP) is 1.97. The lowest BCUT2D eigenvalue weighted by atomic mass is 10.2. The number of fused-ring (bicyclic) bond motifs is 1. The van der Waals surface area contributed by atoms with Crippen LogP contribution in [0.2, 0.25) is 0 Å². The molecule has 6 heteroatoms. The first-order valence-corrected chi connectivity index (χ1v) is 8.18. The van der Waals surface area contributed by atoms with Crippen molar-refractivity contribution in [3.05, 3.63) is 33.9 Å². The van der Waals surface area contributed by atoms with Crippen molar-refractivity contribution < 1.29 is 4.79 Å². The van der Waals surface area contributed by atoms with Crippen molar-refractivity contribution in [2.45, 2.75) is 32.2 Å². The van der Waals surface area contributed by atoms with E-state index in [9.17, 15) is 9.59 Å². The summed E-state index contributed by atoms with van der Waals surface area (Å²) in [4.78, 5) is 24.1. The molecule has 3 rings (SSSR count). The number of carbonyl (C=O) groups is 1. The van der Waals surface area contributed by atoms with E-state index >= 15 is 0 Å². The lowest BCUT2D eigenvalue weighted by molar-refractivity contribution is -0.126. The topological polar surface area (TPSA) is 54.3 Å². The molecule has 2 heterocycles. The Morgan fingerprint density at radius 2 is 1.86 bits per heavy atom. The lowest BCUT2D eigenvalue weighted by Crippen LogP contribution is -2.44. The zero-order valence-corrected chi connectivity index (χ0v) is 12.7. The second kappa shape index (κ2) is 6.41. The van der Waals surface area contributed by atoms with E-state index in [2.05, 4.69) is 5.43 Å². The third-order valence-electron chi connectivity index (χ3n) is 3.76. The Balaban J connectivity index is 1.71. The summed E-state index contributed by atoms with van der Waals surface area (Å²) in [5.41, 5.74) is 3.76. The van der Waals surface area contributed by atoms with E-state index in [1.54, 1.807) is 4.57 Å². The van der Waals surface area contributed by atoms with Crippen LogP contribution < -0.4 is 10.3 Å². The molecule has 0 radical (unpaired) electrons. The Morgan fingerprint density at radius 3 is 2.62 bits per heavy atom. The minimum Gasteiger partial charge on any atom is -0.289 e. The standard InChI is InChI=1S/C15H19N3O2S/c19-14(16-17-9-5-1-2-6-10-17)11-18-12-7-3-4-8-13(12)21-15(18)20/h3-4,7-8H,1-2,5-6,9-11H2,(H,16,19). The van der Waals surface area contributed by atoms with Crippen molar-refractivity contribution in [3.8, 4) is 0 Å². The highest BCUT2D eigenvalue weighted by Gasteiger charge is 2.14. The normalized spacial score (nSPS) is 16.8. The molecule has 112 valence electrons. The highest BCUT2D eigenvalue weighted by Crippen LogP contribution is 2.16. The molecule has 0 saturated carbocycles. The monoisotopic (exact) mass is 305 g/mol. The van der Waals surface area contributed by atoms with Crippen molar-refractivity contribution in [2.24, 2.45) is 0 Å². The fourth-order valence-corrected chi connectivity index (χ4v) is 3.59. The van der Waals surface area contributed by atoms with Crippen molar-refractivity contribution in [2.75, 3.05) is 13.1 Å². The van der Waals surface area contributed by atoms with Crippen LogP contribution in [0.25, 0.3) is 10.2 Å². The van der Waals surface area contributed by atoms with Gasteiger partial charge in [0.2, 0.25) is 0 Å². The van der Waals surface area contributed by atoms with E-state index in [4.69, 9.17) is 0 Å². The van der Waals surface area contributed by atoms with Gasteiger partial charge >= 0.3 is 4.87 Å². The van der Waals surface area contributed by atoms with Gasteiger partial charge in [-0.3, -0.25) is 19.6 Å². The zero-order chi connectivity index (χ0) is 14.7. The van der Waals surface area contributed by atoms with Gasteiger partial charge in [-0.25, -0.2) is 5.01 Å². The third-order valence-corrected chi connectivity index (χ3v) is 4.72. The summed E-state index contributed by atoms with van der Waals surface area (Å²) in [5, 5.41) is 1.98. The summed E-state index contributed by atoms with van der Waals surface area (Å²) in [6.07, 6.45) is 4.67. The second-order valence-electron chi connectivity index (χ2n) is 5.36. The maximum Gasteiger partial charge on any atom is 0.308 e. The zero-order valence-electron chi connectivity index (χ0n) is 11.9. The van der Waals surface area contributed by atoms with E-state index in [-0.39, 0.29) is 17.3 Å². The summed E-state index contributed by atoms with van der Waals surface area (Å²) < 4.78 is 2.47. The molecule has 1 fully saturated rings. The average molecular weight is 305 g/mol. The number of para-hydroxylation sites is 1. The van der Waals surface area contributed by atoms with E-state index in [1.165, 1.54) is 24.2 Å². The van der Waals surface area contributed by atoms with Gasteiger partial charge < -0.3 is 0 Å². The summed E-state index contributed by atoms with van der Waals surface area (Å²) >= 11 is 1.18. The Bertz CT molecular complexity index is 684. The summed E-state index contributed by atoms with van der Waals surface area (Å²) in [5.74, 6) is -0.123. The number of aromatic nitrogens is 1. The van der Waals surface area contributed by atoms with Crippen molar-refractivity contribution in [3.63, 3.8) is 0 Å². The fraction of sp³-hybridized carbons (Fsp3) is 0.467. The molecule has 1 aliphatic heterocycles. The maximum atomic E-state index is 12.2. The summed E-state index contributed by atoms with van der Waals surface area (Å²) in [6.45, 7) is 1.87. The van der Waals surface area contributed by atoms with Gasteiger partial charge in [0.05, 0.1) is 10.2 Å². The third kappa shape index (κ3) is 3.33. The number of nitrogens with one attached hydrogen (secondary N) is 1. The van der Waals surface area contributed by atoms with Crippen LogP contribution in [-0.2, 0) is 11.3 Å². The smallest absolute Gasteiger partial charge is 0.289 e. The molecule has 1 saturated heterocycles. The number of amides is 1. The van der Waals surface area contributed by atoms with Gasteiger partial charge in [0.1, 0.15) is 6.54 Å². The number of hydrazine groups is 1. The fourth-order valence-electron chi connectivity index (χ4n) is 2.70. The molecule has 1 aromatic heterocycles. The number of benzene rings is 1. The Kier molecular flexibility index (Phi) is 4.36. The molecule has 0 atom stereocenters. The van der Waals surface area contributed by atoms with Gasteiger partial charge in [-0.05, 0) is 25.0 Å². The molecule has 1 amide bonds. The van der Waals surface area contributed by atoms with E-state index < -0.39 is 0 Å². The van der Waals surface area contributed by atoms with Gasteiger partial charge in [-0.2, -0.15) is 0 Å². The largest absolute Gasteiger partial charge is 0.308 e. The Morgan fingerprint density at radius 1 is 1.14 bits per heavy atom. The van der Waals surface area contributed by atoms with Gasteiger partial charge in [0.25, 0.3) is 5.91 Å². The molecule has 1 N–H and O–H groups in total. The highest BCUT2D eigenvalue weighted by atomic mass is 32.1. The van der Waals surface area contributed by atoms with E-state index in [0.717, 1.165) is 36.1 Å². The Labute approximate surface area is 127 Å². The first kappa shape index (κ1) is 14.3. The number of thiazole rings is 1. The number of carbonyl (C=O) groups excluding carboxylic acids is 1. The molecule has 0 aliphatic carbocycles. The first-order valence-electron chi connectivity index (χ1n) is 7.37. The van der Waals surface area contributed by atoms with Crippen LogP contribution in [0.5, 0.6) is 0 Å². The Hall–Kier alpha value is -1.66. The molecule has 1 aromatic carbocycles. The molecule has 2 aromatic rings. The number of nitrogens with zero attached hydrogens (tertiary/aromatic N) is 2. The second-order valence-corrected chi connectivity index (χ2v) is 6.35. The van der Waals surface area contributed by atoms with Crippen LogP contribution in [0.15, 0.2) is 29.1 Å². The van der Waals surface area contributed by atoms with Crippen LogP contribution >= 0.6 is 11.3 Å². The quantitative estimate of drug-likeness (QED) is 0.943. The van der Waals surface area contributed by atoms with Crippen LogP contribution in [0, 0.1) is 0 Å². The molecule has 21 heavy (non-hydrogen) atoms. The maximum absolute atomic E-state index is 12.2. The molecule has 0 bridgehead atoms. The van der Waals surface area contributed by atoms with Gasteiger partial charge in [0, 0.05) is 13.1 Å². The van der Waals surface area contributed by atoms with Crippen LogP contribution in [0.3, 0.4) is 0 Å². The van der Waals surface area contributed by atoms with Crippen LogP contribution in [0.1, 0.15) is 25.7 Å². The van der Waals surface area contributed by atoms with Crippen molar-refractivity contribution in [1.29, 1.82) is 0 Å². The molecule has 1 aliphatic rings. The summed E-state index contributed by atoms with van der Waals surface area (Å²) in [7, 11) is 0. The van der Waals surface area contributed by atoms with Gasteiger partial charge in [-0.1, -0.05) is 36.3 Å². The first-order chi connectivity index (χ1) is 10.2. The molecule has 0 spiro atoms. The van der Waals surface area contributed by atoms with Crippen molar-refractivity contribution >= 4 is 27.5 Å². The average Bonchev–Trinajstić information content (AvgIpc) is 2.66. The van der Waals surface area contributed by atoms with Gasteiger partial charge in [0.15, 0.2) is 0 Å².